The molecule has 8 heteroatoms. The number of fused-ring (bicyclic) bond motifs is 2. The number of rotatable bonds is 4. The number of aromatic nitrogens is 2. The van der Waals surface area contributed by atoms with E-state index in [0.29, 0.717) is 17.5 Å². The molecule has 0 atom stereocenters. The summed E-state index contributed by atoms with van der Waals surface area (Å²) in [4.78, 5) is 12.8. The van der Waals surface area contributed by atoms with E-state index in [9.17, 15) is 13.2 Å². The first-order valence-electron chi connectivity index (χ1n) is 13.0. The number of methoxy groups -OCH3 is 1. The van der Waals surface area contributed by atoms with Crippen LogP contribution in [0.1, 0.15) is 42.7 Å². The number of pyridine rings is 1. The second-order valence-electron chi connectivity index (χ2n) is 10.3. The van der Waals surface area contributed by atoms with E-state index in [1.54, 1.807) is 13.2 Å². The lowest BCUT2D eigenvalue weighted by Crippen LogP contribution is -2.51. The zero-order valence-electron chi connectivity index (χ0n) is 20.9. The van der Waals surface area contributed by atoms with Crippen LogP contribution in [0.5, 0.6) is 5.75 Å². The van der Waals surface area contributed by atoms with Crippen LogP contribution in [0.3, 0.4) is 0 Å². The van der Waals surface area contributed by atoms with Crippen molar-refractivity contribution in [1.29, 1.82) is 0 Å². The van der Waals surface area contributed by atoms with Crippen LogP contribution in [-0.2, 0) is 6.18 Å². The Morgan fingerprint density at radius 2 is 1.76 bits per heavy atom. The third-order valence-corrected chi connectivity index (χ3v) is 8.24. The van der Waals surface area contributed by atoms with Crippen molar-refractivity contribution in [3.8, 4) is 5.75 Å². The molecule has 1 saturated carbocycles. The second-order valence-corrected chi connectivity index (χ2v) is 10.3. The monoisotopic (exact) mass is 508 g/mol. The Labute approximate surface area is 214 Å². The van der Waals surface area contributed by atoms with Gasteiger partial charge in [0, 0.05) is 67.0 Å². The van der Waals surface area contributed by atoms with Crippen molar-refractivity contribution in [3.63, 3.8) is 0 Å². The number of anilines is 1. The van der Waals surface area contributed by atoms with Gasteiger partial charge in [0.2, 0.25) is 0 Å². The number of aromatic amines is 1. The topological polar surface area (TPSA) is 44.4 Å². The molecular weight excluding hydrogens is 477 g/mol. The third-order valence-electron chi connectivity index (χ3n) is 8.24. The molecule has 2 aliphatic rings. The van der Waals surface area contributed by atoms with E-state index in [1.165, 1.54) is 12.1 Å². The molecule has 3 heterocycles. The van der Waals surface area contributed by atoms with Gasteiger partial charge in [-0.3, -0.25) is 9.88 Å². The molecule has 1 aliphatic carbocycles. The normalized spacial score (nSPS) is 21.6. The van der Waals surface area contributed by atoms with Gasteiger partial charge in [0.1, 0.15) is 5.75 Å². The summed E-state index contributed by atoms with van der Waals surface area (Å²) in [7, 11) is 1.70. The average molecular weight is 509 g/mol. The lowest BCUT2D eigenvalue weighted by atomic mass is 9.81. The lowest BCUT2D eigenvalue weighted by Gasteiger charge is -2.42. The Morgan fingerprint density at radius 1 is 0.973 bits per heavy atom. The standard InChI is InChI=1S/C29H31F3N4O/c1-37-23-15-20-3-2-10-33-28(20)27(17-23)36-13-11-35(12-14-36)22-7-4-19(5-8-22)25-18-34-26-16-21(29(30,31)32)6-9-24(25)26/h2-3,6,9-10,15-19,22,34H,4-5,7-8,11-14H2,1H3. The molecule has 194 valence electrons. The number of nitrogens with one attached hydrogen (secondary N) is 1. The fourth-order valence-electron chi connectivity index (χ4n) is 6.25. The van der Waals surface area contributed by atoms with Gasteiger partial charge in [0.05, 0.1) is 23.9 Å². The molecule has 6 rings (SSSR count). The molecule has 2 fully saturated rings. The minimum absolute atomic E-state index is 0.386. The smallest absolute Gasteiger partial charge is 0.416 e. The van der Waals surface area contributed by atoms with Crippen LogP contribution in [0.25, 0.3) is 21.8 Å². The minimum Gasteiger partial charge on any atom is -0.497 e. The number of hydrogen-bond donors (Lipinski definition) is 1. The van der Waals surface area contributed by atoms with Crippen molar-refractivity contribution in [2.45, 2.75) is 43.8 Å². The highest BCUT2D eigenvalue weighted by molar-refractivity contribution is 5.92. The highest BCUT2D eigenvalue weighted by atomic mass is 19.4. The molecule has 0 amide bonds. The quantitative estimate of drug-likeness (QED) is 0.338. The van der Waals surface area contributed by atoms with Crippen LogP contribution in [0, 0.1) is 0 Å². The maximum Gasteiger partial charge on any atom is 0.416 e. The highest BCUT2D eigenvalue weighted by Crippen LogP contribution is 2.40. The number of H-pyrrole nitrogens is 1. The average Bonchev–Trinajstić information content (AvgIpc) is 3.36. The van der Waals surface area contributed by atoms with Crippen LogP contribution >= 0.6 is 0 Å². The van der Waals surface area contributed by atoms with E-state index in [0.717, 1.165) is 85.2 Å². The van der Waals surface area contributed by atoms with Crippen molar-refractivity contribution < 1.29 is 17.9 Å². The number of piperazine rings is 1. The van der Waals surface area contributed by atoms with Crippen molar-refractivity contribution >= 4 is 27.5 Å². The fourth-order valence-corrected chi connectivity index (χ4v) is 6.25. The molecule has 2 aromatic heterocycles. The summed E-state index contributed by atoms with van der Waals surface area (Å²) < 4.78 is 44.8. The Kier molecular flexibility index (Phi) is 6.23. The first kappa shape index (κ1) is 24.1. The van der Waals surface area contributed by atoms with E-state index in [4.69, 9.17) is 4.74 Å². The first-order valence-corrected chi connectivity index (χ1v) is 13.0. The number of nitrogens with zero attached hydrogens (tertiary/aromatic N) is 3. The van der Waals surface area contributed by atoms with Crippen molar-refractivity contribution in [2.75, 3.05) is 38.2 Å². The molecule has 1 saturated heterocycles. The third kappa shape index (κ3) is 4.63. The molecule has 37 heavy (non-hydrogen) atoms. The van der Waals surface area contributed by atoms with Crippen LogP contribution in [0.15, 0.2) is 54.9 Å². The van der Waals surface area contributed by atoms with Crippen LogP contribution in [-0.4, -0.2) is 54.2 Å². The molecule has 0 bridgehead atoms. The second kappa shape index (κ2) is 9.56. The number of benzene rings is 2. The van der Waals surface area contributed by atoms with E-state index >= 15 is 0 Å². The van der Waals surface area contributed by atoms with Gasteiger partial charge in [-0.25, -0.2) is 0 Å². The number of ether oxygens (including phenoxy) is 1. The van der Waals surface area contributed by atoms with Gasteiger partial charge < -0.3 is 14.6 Å². The van der Waals surface area contributed by atoms with Crippen LogP contribution < -0.4 is 9.64 Å². The fraction of sp³-hybridized carbons (Fsp3) is 0.414. The number of hydrogen-bond acceptors (Lipinski definition) is 4. The first-order chi connectivity index (χ1) is 17.9. The summed E-state index contributed by atoms with van der Waals surface area (Å²) in [6.07, 6.45) is 3.78. The van der Waals surface area contributed by atoms with Gasteiger partial charge in [0.15, 0.2) is 0 Å². The van der Waals surface area contributed by atoms with Crippen LogP contribution in [0.4, 0.5) is 18.9 Å². The van der Waals surface area contributed by atoms with Gasteiger partial charge in [-0.05, 0) is 61.4 Å². The van der Waals surface area contributed by atoms with Gasteiger partial charge in [-0.1, -0.05) is 12.1 Å². The van der Waals surface area contributed by atoms with Crippen molar-refractivity contribution in [3.05, 3.63) is 66.0 Å². The molecule has 1 N–H and O–H groups in total. The maximum absolute atomic E-state index is 13.1. The summed E-state index contributed by atoms with van der Waals surface area (Å²) in [6, 6.07) is 12.8. The summed E-state index contributed by atoms with van der Waals surface area (Å²) in [5.74, 6) is 1.24. The van der Waals surface area contributed by atoms with E-state index in [-0.39, 0.29) is 0 Å². The summed E-state index contributed by atoms with van der Waals surface area (Å²) in [6.45, 7) is 3.91. The SMILES string of the molecule is COc1cc(N2CCN(C3CCC(c4c[nH]c5cc(C(F)(F)F)ccc45)CC3)CC2)c2ncccc2c1. The van der Waals surface area contributed by atoms with Gasteiger partial charge in [0.25, 0.3) is 0 Å². The van der Waals surface area contributed by atoms with E-state index in [2.05, 4.69) is 31.9 Å². The molecule has 5 nitrogen and oxygen atoms in total. The summed E-state index contributed by atoms with van der Waals surface area (Å²) in [5, 5.41) is 2.01. The molecule has 0 spiro atoms. The predicted molar refractivity (Wildman–Crippen MR) is 140 cm³/mol. The maximum atomic E-state index is 13.1. The molecular formula is C29H31F3N4O. The predicted octanol–water partition coefficient (Wildman–Crippen LogP) is 6.59. The molecule has 0 unspecified atom stereocenters. The molecule has 1 aliphatic heterocycles. The largest absolute Gasteiger partial charge is 0.497 e. The minimum atomic E-state index is -4.32. The molecule has 4 aromatic rings. The van der Waals surface area contributed by atoms with Crippen molar-refractivity contribution in [2.24, 2.45) is 0 Å². The lowest BCUT2D eigenvalue weighted by molar-refractivity contribution is -0.137. The zero-order chi connectivity index (χ0) is 25.6. The van der Waals surface area contributed by atoms with Crippen LogP contribution in [0.2, 0.25) is 0 Å². The summed E-state index contributed by atoms with van der Waals surface area (Å²) in [5.41, 5.74) is 3.27. The number of alkyl halides is 3. The Morgan fingerprint density at radius 3 is 2.49 bits per heavy atom. The number of halogens is 3. The molecule has 0 radical (unpaired) electrons. The van der Waals surface area contributed by atoms with Crippen molar-refractivity contribution in [1.82, 2.24) is 14.9 Å². The zero-order valence-corrected chi connectivity index (χ0v) is 20.9. The van der Waals surface area contributed by atoms with E-state index < -0.39 is 11.7 Å². The molecule has 2 aromatic carbocycles. The van der Waals surface area contributed by atoms with Gasteiger partial charge in [-0.2, -0.15) is 13.2 Å². The van der Waals surface area contributed by atoms with Gasteiger partial charge >= 0.3 is 6.18 Å². The highest BCUT2D eigenvalue weighted by Gasteiger charge is 2.32. The van der Waals surface area contributed by atoms with E-state index in [1.807, 2.05) is 24.5 Å². The Bertz CT molecular complexity index is 1400. The summed E-state index contributed by atoms with van der Waals surface area (Å²) >= 11 is 0. The Balaban J connectivity index is 1.09. The Hall–Kier alpha value is -3.26. The van der Waals surface area contributed by atoms with Gasteiger partial charge in [-0.15, -0.1) is 0 Å².